The van der Waals surface area contributed by atoms with Gasteiger partial charge in [0.25, 0.3) is 0 Å². The molecule has 27 heavy (non-hydrogen) atoms. The van der Waals surface area contributed by atoms with E-state index in [0.717, 1.165) is 32.5 Å². The number of halogens is 2. The standard InChI is InChI=1S/C18H19ClFN5O2/c1-24-6-7-25(10-18(24)4-5-18)14-3-2-11(8-13(14)20)22-17-21-9-12(19)15(23-17)16(26)27/h2-3,8-9H,4-7,10H2,1H3,(H,26,27)(H,21,22,23). The van der Waals surface area contributed by atoms with Gasteiger partial charge in [0, 0.05) is 30.9 Å². The molecule has 2 aliphatic rings. The van der Waals surface area contributed by atoms with Crippen molar-refractivity contribution in [3.63, 3.8) is 0 Å². The average molecular weight is 392 g/mol. The molecule has 9 heteroatoms. The minimum absolute atomic E-state index is 0.0421. The van der Waals surface area contributed by atoms with Crippen LogP contribution in [0, 0.1) is 5.82 Å². The van der Waals surface area contributed by atoms with Crippen molar-refractivity contribution in [2.75, 3.05) is 36.9 Å². The predicted octanol–water partition coefficient (Wildman–Crippen LogP) is 3.00. The molecule has 7 nitrogen and oxygen atoms in total. The van der Waals surface area contributed by atoms with Gasteiger partial charge < -0.3 is 15.3 Å². The molecule has 1 aromatic heterocycles. The van der Waals surface area contributed by atoms with Crippen molar-refractivity contribution in [2.24, 2.45) is 0 Å². The monoisotopic (exact) mass is 391 g/mol. The zero-order valence-electron chi connectivity index (χ0n) is 14.7. The number of anilines is 3. The number of carboxylic acids is 1. The topological polar surface area (TPSA) is 81.6 Å². The first-order chi connectivity index (χ1) is 12.9. The Kier molecular flexibility index (Phi) is 4.39. The lowest BCUT2D eigenvalue weighted by atomic mass is 10.1. The van der Waals surface area contributed by atoms with Crippen molar-refractivity contribution in [3.8, 4) is 0 Å². The Morgan fingerprint density at radius 3 is 2.81 bits per heavy atom. The van der Waals surface area contributed by atoms with E-state index in [1.54, 1.807) is 12.1 Å². The van der Waals surface area contributed by atoms with E-state index in [1.165, 1.54) is 12.3 Å². The summed E-state index contributed by atoms with van der Waals surface area (Å²) in [6.07, 6.45) is 3.51. The summed E-state index contributed by atoms with van der Waals surface area (Å²) in [6, 6.07) is 4.83. The van der Waals surface area contributed by atoms with Crippen molar-refractivity contribution in [3.05, 3.63) is 40.9 Å². The zero-order valence-corrected chi connectivity index (χ0v) is 15.5. The van der Waals surface area contributed by atoms with Crippen LogP contribution >= 0.6 is 11.6 Å². The summed E-state index contributed by atoms with van der Waals surface area (Å²) in [5, 5.41) is 11.8. The molecule has 0 radical (unpaired) electrons. The maximum atomic E-state index is 14.7. The zero-order chi connectivity index (χ0) is 19.2. The summed E-state index contributed by atoms with van der Waals surface area (Å²) in [6.45, 7) is 2.52. The second-order valence-corrected chi connectivity index (χ2v) is 7.46. The van der Waals surface area contributed by atoms with Crippen LogP contribution in [0.15, 0.2) is 24.4 Å². The highest BCUT2D eigenvalue weighted by molar-refractivity contribution is 6.33. The lowest BCUT2D eigenvalue weighted by Gasteiger charge is -2.41. The molecule has 1 spiro atoms. The van der Waals surface area contributed by atoms with Crippen molar-refractivity contribution in [1.82, 2.24) is 14.9 Å². The van der Waals surface area contributed by atoms with Gasteiger partial charge in [-0.05, 0) is 38.1 Å². The molecule has 2 fully saturated rings. The maximum absolute atomic E-state index is 14.7. The number of rotatable bonds is 4. The molecule has 0 atom stereocenters. The van der Waals surface area contributed by atoms with Crippen LogP contribution in [0.4, 0.5) is 21.7 Å². The maximum Gasteiger partial charge on any atom is 0.356 e. The van der Waals surface area contributed by atoms with Crippen molar-refractivity contribution < 1.29 is 14.3 Å². The molecule has 1 aromatic carbocycles. The molecular formula is C18H19ClFN5O2. The minimum Gasteiger partial charge on any atom is -0.476 e. The average Bonchev–Trinajstić information content (AvgIpc) is 3.40. The first-order valence-electron chi connectivity index (χ1n) is 8.67. The smallest absolute Gasteiger partial charge is 0.356 e. The van der Waals surface area contributed by atoms with Gasteiger partial charge in [0.05, 0.1) is 16.9 Å². The second-order valence-electron chi connectivity index (χ2n) is 7.05. The van der Waals surface area contributed by atoms with Crippen LogP contribution < -0.4 is 10.2 Å². The fraction of sp³-hybridized carbons (Fsp3) is 0.389. The number of carboxylic acid groups (broad SMARTS) is 1. The van der Waals surface area contributed by atoms with E-state index in [-0.39, 0.29) is 28.0 Å². The molecule has 2 N–H and O–H groups in total. The van der Waals surface area contributed by atoms with Crippen LogP contribution in [0.5, 0.6) is 0 Å². The third-order valence-corrected chi connectivity index (χ3v) is 5.60. The summed E-state index contributed by atoms with van der Waals surface area (Å²) in [4.78, 5) is 23.4. The molecule has 0 unspecified atom stereocenters. The highest BCUT2D eigenvalue weighted by atomic mass is 35.5. The molecule has 1 saturated heterocycles. The summed E-state index contributed by atoms with van der Waals surface area (Å²) in [5.74, 6) is -1.55. The van der Waals surface area contributed by atoms with E-state index >= 15 is 0 Å². The number of likely N-dealkylation sites (N-methyl/N-ethyl adjacent to an activating group) is 1. The highest BCUT2D eigenvalue weighted by Crippen LogP contribution is 2.44. The van der Waals surface area contributed by atoms with E-state index in [2.05, 4.69) is 32.1 Å². The third kappa shape index (κ3) is 3.42. The van der Waals surface area contributed by atoms with Crippen molar-refractivity contribution in [2.45, 2.75) is 18.4 Å². The van der Waals surface area contributed by atoms with Gasteiger partial charge in [-0.25, -0.2) is 19.2 Å². The van der Waals surface area contributed by atoms with Gasteiger partial charge >= 0.3 is 5.97 Å². The Morgan fingerprint density at radius 1 is 1.37 bits per heavy atom. The van der Waals surface area contributed by atoms with E-state index in [4.69, 9.17) is 16.7 Å². The Morgan fingerprint density at radius 2 is 2.15 bits per heavy atom. The Balaban J connectivity index is 1.52. The summed E-state index contributed by atoms with van der Waals surface area (Å²) >= 11 is 5.76. The first kappa shape index (κ1) is 17.9. The predicted molar refractivity (Wildman–Crippen MR) is 100 cm³/mol. The molecule has 0 amide bonds. The van der Waals surface area contributed by atoms with Crippen LogP contribution in [0.3, 0.4) is 0 Å². The number of piperazine rings is 1. The number of nitrogens with one attached hydrogen (secondary N) is 1. The van der Waals surface area contributed by atoms with Gasteiger partial charge in [-0.15, -0.1) is 0 Å². The van der Waals surface area contributed by atoms with Crippen LogP contribution in [0.25, 0.3) is 0 Å². The van der Waals surface area contributed by atoms with Crippen LogP contribution in [0.1, 0.15) is 23.3 Å². The Bertz CT molecular complexity index is 905. The van der Waals surface area contributed by atoms with Crippen LogP contribution in [-0.2, 0) is 0 Å². The summed E-state index contributed by atoms with van der Waals surface area (Å²) < 4.78 is 14.7. The van der Waals surface area contributed by atoms with Gasteiger partial charge in [-0.3, -0.25) is 4.90 Å². The van der Waals surface area contributed by atoms with Crippen LogP contribution in [-0.4, -0.2) is 58.2 Å². The number of nitrogens with zero attached hydrogens (tertiary/aromatic N) is 4. The highest BCUT2D eigenvalue weighted by Gasteiger charge is 2.49. The Hall–Kier alpha value is -2.45. The third-order valence-electron chi connectivity index (χ3n) is 5.32. The molecule has 142 valence electrons. The summed E-state index contributed by atoms with van der Waals surface area (Å²) in [5.41, 5.74) is 0.901. The fourth-order valence-electron chi connectivity index (χ4n) is 3.50. The summed E-state index contributed by atoms with van der Waals surface area (Å²) in [7, 11) is 2.13. The second kappa shape index (κ2) is 6.61. The number of carbonyl (C=O) groups is 1. The van der Waals surface area contributed by atoms with Gasteiger partial charge in [0.2, 0.25) is 5.95 Å². The van der Waals surface area contributed by atoms with E-state index in [9.17, 15) is 9.18 Å². The largest absolute Gasteiger partial charge is 0.476 e. The number of aromatic nitrogens is 2. The van der Waals surface area contributed by atoms with Gasteiger partial charge in [0.15, 0.2) is 5.69 Å². The number of benzene rings is 1. The van der Waals surface area contributed by atoms with Crippen molar-refractivity contribution >= 4 is 34.9 Å². The van der Waals surface area contributed by atoms with Crippen molar-refractivity contribution in [1.29, 1.82) is 0 Å². The van der Waals surface area contributed by atoms with Gasteiger partial charge in [-0.1, -0.05) is 11.6 Å². The molecular weight excluding hydrogens is 373 g/mol. The van der Waals surface area contributed by atoms with E-state index in [1.807, 2.05) is 0 Å². The van der Waals surface area contributed by atoms with E-state index in [0.29, 0.717) is 11.4 Å². The molecule has 1 aliphatic heterocycles. The molecule has 1 saturated carbocycles. The number of hydrogen-bond acceptors (Lipinski definition) is 6. The molecule has 0 bridgehead atoms. The molecule has 2 heterocycles. The molecule has 1 aliphatic carbocycles. The van der Waals surface area contributed by atoms with Gasteiger partial charge in [0.1, 0.15) is 5.82 Å². The fourth-order valence-corrected chi connectivity index (χ4v) is 3.67. The number of hydrogen-bond donors (Lipinski definition) is 2. The normalized spacial score (nSPS) is 18.6. The number of aromatic carboxylic acids is 1. The lowest BCUT2D eigenvalue weighted by Crippen LogP contribution is -2.53. The quantitative estimate of drug-likeness (QED) is 0.829. The van der Waals surface area contributed by atoms with E-state index < -0.39 is 5.97 Å². The van der Waals surface area contributed by atoms with Gasteiger partial charge in [-0.2, -0.15) is 0 Å². The van der Waals surface area contributed by atoms with Crippen LogP contribution in [0.2, 0.25) is 5.02 Å². The first-order valence-corrected chi connectivity index (χ1v) is 9.04. The Labute approximate surface area is 160 Å². The minimum atomic E-state index is -1.25. The SMILES string of the molecule is CN1CCN(c2ccc(Nc3ncc(Cl)c(C(=O)O)n3)cc2F)CC12CC2. The molecule has 2 aromatic rings. The molecule has 4 rings (SSSR count). The lowest BCUT2D eigenvalue weighted by molar-refractivity contribution is 0.0690.